The molecule has 0 radical (unpaired) electrons. The van der Waals surface area contributed by atoms with Crippen molar-refractivity contribution in [1.29, 1.82) is 0 Å². The Kier molecular flexibility index (Phi) is 6.02. The van der Waals surface area contributed by atoms with E-state index in [0.717, 1.165) is 17.0 Å². The van der Waals surface area contributed by atoms with Gasteiger partial charge in [-0.2, -0.15) is 5.10 Å². The van der Waals surface area contributed by atoms with Crippen molar-refractivity contribution < 1.29 is 9.52 Å². The molecule has 9 nitrogen and oxygen atoms in total. The number of aromatic nitrogens is 2. The second-order valence-corrected chi connectivity index (χ2v) is 10.7. The van der Waals surface area contributed by atoms with Gasteiger partial charge in [0.1, 0.15) is 29.1 Å². The highest BCUT2D eigenvalue weighted by Crippen LogP contribution is 2.43. The van der Waals surface area contributed by atoms with Gasteiger partial charge in [-0.3, -0.25) is 19.6 Å². The van der Waals surface area contributed by atoms with Crippen molar-refractivity contribution in [3.63, 3.8) is 0 Å². The lowest BCUT2D eigenvalue weighted by molar-refractivity contribution is 0.00730. The van der Waals surface area contributed by atoms with E-state index in [2.05, 4.69) is 20.8 Å². The number of aryl methyl sites for hydroxylation is 1. The molecule has 5 rings (SSSR count). The van der Waals surface area contributed by atoms with Gasteiger partial charge in [-0.25, -0.2) is 0 Å². The molecule has 4 N–H and O–H groups in total. The van der Waals surface area contributed by atoms with Crippen molar-refractivity contribution in [2.75, 3.05) is 10.6 Å². The normalized spacial score (nSPS) is 16.9. The lowest BCUT2D eigenvalue weighted by Gasteiger charge is -2.32. The van der Waals surface area contributed by atoms with Gasteiger partial charge in [-0.1, -0.05) is 32.4 Å². The number of benzene rings is 1. The molecule has 2 aromatic heterocycles. The van der Waals surface area contributed by atoms with Crippen LogP contribution in [0, 0.1) is 12.3 Å². The van der Waals surface area contributed by atoms with Crippen molar-refractivity contribution in [3.05, 3.63) is 90.3 Å². The Bertz CT molecular complexity index is 1480. The number of hydrogen-bond acceptors (Lipinski definition) is 8. The highest BCUT2D eigenvalue weighted by Gasteiger charge is 2.36. The SMILES string of the molecule is Cc1ccc([C@H](Nc2c(Nc3ccc(Cl)c4c3C(O)N(Cc3ccn[nH]3)C4)c(=O)c2=O)C(C)(C)C)o1. The number of aliphatic hydroxyl groups is 1. The number of nitrogens with one attached hydrogen (secondary N) is 3. The molecule has 2 atom stereocenters. The predicted molar refractivity (Wildman–Crippen MR) is 138 cm³/mol. The van der Waals surface area contributed by atoms with Crippen LogP contribution in [0.4, 0.5) is 17.1 Å². The molecule has 0 amide bonds. The molecule has 0 aliphatic carbocycles. The van der Waals surface area contributed by atoms with E-state index in [9.17, 15) is 14.7 Å². The first-order chi connectivity index (χ1) is 17.0. The fourth-order valence-corrected chi connectivity index (χ4v) is 4.88. The summed E-state index contributed by atoms with van der Waals surface area (Å²) < 4.78 is 5.84. The van der Waals surface area contributed by atoms with Gasteiger partial charge in [0.15, 0.2) is 0 Å². The number of aliphatic hydroxyl groups excluding tert-OH is 1. The maximum atomic E-state index is 12.6. The minimum absolute atomic E-state index is 0.154. The molecule has 0 bridgehead atoms. The molecule has 0 saturated heterocycles. The third-order valence-electron chi connectivity index (χ3n) is 6.57. The van der Waals surface area contributed by atoms with E-state index in [1.54, 1.807) is 18.3 Å². The summed E-state index contributed by atoms with van der Waals surface area (Å²) in [6.45, 7) is 8.79. The summed E-state index contributed by atoms with van der Waals surface area (Å²) in [5, 5.41) is 24.9. The molecule has 2 aromatic carbocycles. The van der Waals surface area contributed by atoms with Crippen LogP contribution in [0.5, 0.6) is 0 Å². The van der Waals surface area contributed by atoms with Gasteiger partial charge in [0.2, 0.25) is 0 Å². The van der Waals surface area contributed by atoms with Gasteiger partial charge in [0.05, 0.1) is 6.04 Å². The first-order valence-electron chi connectivity index (χ1n) is 11.7. The summed E-state index contributed by atoms with van der Waals surface area (Å²) in [5.41, 5.74) is 1.53. The van der Waals surface area contributed by atoms with Gasteiger partial charge >= 0.3 is 0 Å². The maximum absolute atomic E-state index is 12.6. The third-order valence-corrected chi connectivity index (χ3v) is 6.92. The Balaban J connectivity index is 1.46. The van der Waals surface area contributed by atoms with E-state index in [1.165, 1.54) is 0 Å². The number of hydrogen-bond donors (Lipinski definition) is 4. The Morgan fingerprint density at radius 1 is 1.19 bits per heavy atom. The fourth-order valence-electron chi connectivity index (χ4n) is 4.66. The van der Waals surface area contributed by atoms with Gasteiger partial charge in [0, 0.05) is 41.3 Å². The quantitative estimate of drug-likeness (QED) is 0.268. The fraction of sp³-hybridized carbons (Fsp3) is 0.346. The number of furan rings is 1. The average molecular weight is 510 g/mol. The van der Waals surface area contributed by atoms with Crippen LogP contribution in [-0.2, 0) is 13.1 Å². The second-order valence-electron chi connectivity index (χ2n) is 10.3. The molecule has 1 aliphatic rings. The predicted octanol–water partition coefficient (Wildman–Crippen LogP) is 4.51. The van der Waals surface area contributed by atoms with Crippen LogP contribution in [0.25, 0.3) is 0 Å². The van der Waals surface area contributed by atoms with Crippen molar-refractivity contribution in [2.45, 2.75) is 53.1 Å². The third kappa shape index (κ3) is 4.23. The number of nitrogens with zero attached hydrogens (tertiary/aromatic N) is 2. The second kappa shape index (κ2) is 8.92. The van der Waals surface area contributed by atoms with Gasteiger partial charge in [0.25, 0.3) is 10.9 Å². The van der Waals surface area contributed by atoms with Gasteiger partial charge in [-0.15, -0.1) is 0 Å². The molecule has 188 valence electrons. The summed E-state index contributed by atoms with van der Waals surface area (Å²) in [6.07, 6.45) is 0.695. The molecule has 0 saturated carbocycles. The first kappa shape index (κ1) is 24.3. The molecule has 0 spiro atoms. The van der Waals surface area contributed by atoms with E-state index in [-0.39, 0.29) is 22.8 Å². The minimum Gasteiger partial charge on any atom is -0.464 e. The molecular weight excluding hydrogens is 482 g/mol. The molecule has 3 heterocycles. The highest BCUT2D eigenvalue weighted by atomic mass is 35.5. The lowest BCUT2D eigenvalue weighted by Crippen LogP contribution is -2.39. The topological polar surface area (TPSA) is 123 Å². The van der Waals surface area contributed by atoms with Crippen molar-refractivity contribution in [2.24, 2.45) is 5.41 Å². The average Bonchev–Trinajstić information content (AvgIpc) is 3.56. The Hall–Kier alpha value is -3.40. The van der Waals surface area contributed by atoms with Crippen LogP contribution in [0.15, 0.2) is 50.5 Å². The molecular formula is C26H28ClN5O4. The standard InChI is InChI=1S/C26H28ClN5O4/c1-13-5-8-18(36-13)24(26(2,3)4)30-21-20(22(33)23(21)34)29-17-7-6-16(27)15-12-32(25(35)19(15)17)11-14-9-10-28-31-14/h5-10,24-25,29-30,35H,11-12H2,1-4H3,(H,28,31)/t24-,25?/m0/s1. The van der Waals surface area contributed by atoms with Crippen LogP contribution in [0.1, 0.15) is 61.4 Å². The molecule has 36 heavy (non-hydrogen) atoms. The van der Waals surface area contributed by atoms with Gasteiger partial charge in [-0.05, 0) is 48.2 Å². The zero-order valence-corrected chi connectivity index (χ0v) is 21.2. The van der Waals surface area contributed by atoms with Crippen LogP contribution >= 0.6 is 11.6 Å². The van der Waals surface area contributed by atoms with Crippen LogP contribution in [0.3, 0.4) is 0 Å². The zero-order valence-electron chi connectivity index (χ0n) is 20.5. The van der Waals surface area contributed by atoms with E-state index >= 15 is 0 Å². The Morgan fingerprint density at radius 3 is 2.58 bits per heavy atom. The van der Waals surface area contributed by atoms with E-state index < -0.39 is 17.1 Å². The van der Waals surface area contributed by atoms with Crippen molar-refractivity contribution >= 4 is 28.7 Å². The van der Waals surface area contributed by atoms with Crippen LogP contribution < -0.4 is 21.5 Å². The molecule has 1 unspecified atom stereocenters. The summed E-state index contributed by atoms with van der Waals surface area (Å²) in [4.78, 5) is 27.1. The number of H-pyrrole nitrogens is 1. The van der Waals surface area contributed by atoms with E-state index in [4.69, 9.17) is 16.0 Å². The summed E-state index contributed by atoms with van der Waals surface area (Å²) in [7, 11) is 0. The highest BCUT2D eigenvalue weighted by molar-refractivity contribution is 6.31. The monoisotopic (exact) mass is 509 g/mol. The smallest absolute Gasteiger partial charge is 0.253 e. The van der Waals surface area contributed by atoms with Crippen LogP contribution in [0.2, 0.25) is 5.02 Å². The van der Waals surface area contributed by atoms with Crippen molar-refractivity contribution in [1.82, 2.24) is 15.1 Å². The summed E-state index contributed by atoms with van der Waals surface area (Å²) >= 11 is 6.47. The molecule has 10 heteroatoms. The molecule has 1 aliphatic heterocycles. The molecule has 4 aromatic rings. The van der Waals surface area contributed by atoms with E-state index in [0.29, 0.717) is 35.1 Å². The first-order valence-corrected chi connectivity index (χ1v) is 12.1. The zero-order chi connectivity index (χ0) is 25.8. The number of rotatable bonds is 7. The van der Waals surface area contributed by atoms with Gasteiger partial charge < -0.3 is 20.2 Å². The number of fused-ring (bicyclic) bond motifs is 1. The lowest BCUT2D eigenvalue weighted by atomic mass is 9.85. The molecule has 0 fully saturated rings. The maximum Gasteiger partial charge on any atom is 0.253 e. The van der Waals surface area contributed by atoms with E-state index in [1.807, 2.05) is 50.8 Å². The minimum atomic E-state index is -0.958. The van der Waals surface area contributed by atoms with Crippen LogP contribution in [-0.4, -0.2) is 20.2 Å². The van der Waals surface area contributed by atoms with Crippen molar-refractivity contribution in [3.8, 4) is 0 Å². The Labute approximate surface area is 212 Å². The largest absolute Gasteiger partial charge is 0.464 e. The summed E-state index contributed by atoms with van der Waals surface area (Å²) in [6, 6.07) is 8.66. The number of halogens is 1. The Morgan fingerprint density at radius 2 is 1.94 bits per heavy atom. The number of anilines is 3. The number of aromatic amines is 1. The summed E-state index contributed by atoms with van der Waals surface area (Å²) in [5.74, 6) is 1.44.